The van der Waals surface area contributed by atoms with Crippen LogP contribution >= 0.6 is 11.3 Å². The van der Waals surface area contributed by atoms with Gasteiger partial charge < -0.3 is 0 Å². The molecule has 0 saturated heterocycles. The van der Waals surface area contributed by atoms with Crippen LogP contribution in [-0.4, -0.2) is 22.5 Å². The quantitative estimate of drug-likeness (QED) is 0.772. The molecule has 0 atom stereocenters. The molecule has 0 aliphatic rings. The van der Waals surface area contributed by atoms with Crippen LogP contribution in [0.1, 0.15) is 45.3 Å². The van der Waals surface area contributed by atoms with E-state index in [4.69, 9.17) is 5.26 Å². The Morgan fingerprint density at radius 1 is 1.47 bits per heavy atom. The Labute approximate surface area is 108 Å². The first kappa shape index (κ1) is 14.1. The second-order valence-corrected chi connectivity index (χ2v) is 6.48. The van der Waals surface area contributed by atoms with Crippen molar-refractivity contribution in [1.82, 2.24) is 9.88 Å². The fraction of sp³-hybridized carbons (Fsp3) is 0.692. The summed E-state index contributed by atoms with van der Waals surface area (Å²) in [5.74, 6) is 0. The van der Waals surface area contributed by atoms with Crippen molar-refractivity contribution in [3.8, 4) is 6.07 Å². The van der Waals surface area contributed by atoms with Crippen molar-refractivity contribution in [2.45, 2.75) is 52.6 Å². The largest absolute Gasteiger partial charge is 0.281 e. The number of rotatable bonds is 4. The minimum atomic E-state index is 0.104. The smallest absolute Gasteiger partial charge is 0.107 e. The van der Waals surface area contributed by atoms with Gasteiger partial charge in [-0.2, -0.15) is 5.26 Å². The third-order valence-electron chi connectivity index (χ3n) is 2.66. The van der Waals surface area contributed by atoms with Gasteiger partial charge >= 0.3 is 0 Å². The number of aromatic nitrogens is 1. The average Bonchev–Trinajstić information content (AvgIpc) is 2.64. The van der Waals surface area contributed by atoms with Gasteiger partial charge in [-0.3, -0.25) is 4.90 Å². The van der Waals surface area contributed by atoms with E-state index in [1.807, 2.05) is 0 Å². The van der Waals surface area contributed by atoms with Gasteiger partial charge in [-0.15, -0.1) is 11.3 Å². The van der Waals surface area contributed by atoms with E-state index >= 15 is 0 Å². The van der Waals surface area contributed by atoms with Crippen molar-refractivity contribution in [3.63, 3.8) is 0 Å². The van der Waals surface area contributed by atoms with Crippen LogP contribution in [0.4, 0.5) is 0 Å². The highest BCUT2D eigenvalue weighted by Gasteiger charge is 2.18. The molecule has 1 aromatic rings. The summed E-state index contributed by atoms with van der Waals surface area (Å²) in [6, 6.07) is 2.58. The van der Waals surface area contributed by atoms with E-state index in [1.165, 1.54) is 0 Å². The molecule has 0 aliphatic carbocycles. The highest BCUT2D eigenvalue weighted by Crippen LogP contribution is 2.24. The van der Waals surface area contributed by atoms with E-state index in [1.54, 1.807) is 11.3 Å². The molecule has 0 N–H and O–H groups in total. The molecule has 0 spiro atoms. The molecule has 0 aromatic carbocycles. The van der Waals surface area contributed by atoms with E-state index in [0.29, 0.717) is 12.6 Å². The molecular formula is C13H21N3S. The fourth-order valence-electron chi connectivity index (χ4n) is 1.41. The zero-order valence-corrected chi connectivity index (χ0v) is 12.1. The van der Waals surface area contributed by atoms with Gasteiger partial charge in [0.25, 0.3) is 0 Å². The molecule has 0 unspecified atom stereocenters. The fourth-order valence-corrected chi connectivity index (χ4v) is 2.46. The zero-order chi connectivity index (χ0) is 13.1. The van der Waals surface area contributed by atoms with Crippen LogP contribution in [0.3, 0.4) is 0 Å². The summed E-state index contributed by atoms with van der Waals surface area (Å²) in [6.07, 6.45) is 0. The van der Waals surface area contributed by atoms with Gasteiger partial charge in [0.15, 0.2) is 0 Å². The predicted molar refractivity (Wildman–Crippen MR) is 72.0 cm³/mol. The van der Waals surface area contributed by atoms with Crippen molar-refractivity contribution in [2.75, 3.05) is 6.54 Å². The topological polar surface area (TPSA) is 39.9 Å². The van der Waals surface area contributed by atoms with Crippen molar-refractivity contribution in [2.24, 2.45) is 0 Å². The van der Waals surface area contributed by atoms with E-state index in [2.05, 4.69) is 56.0 Å². The second-order valence-electron chi connectivity index (χ2n) is 5.53. The lowest BCUT2D eigenvalue weighted by Gasteiger charge is -2.22. The van der Waals surface area contributed by atoms with Gasteiger partial charge in [-0.25, -0.2) is 4.98 Å². The van der Waals surface area contributed by atoms with Crippen LogP contribution in [0.5, 0.6) is 0 Å². The third kappa shape index (κ3) is 4.10. The van der Waals surface area contributed by atoms with Gasteiger partial charge in [0, 0.05) is 16.8 Å². The maximum Gasteiger partial charge on any atom is 0.107 e. The first-order valence-electron chi connectivity index (χ1n) is 5.90. The summed E-state index contributed by atoms with van der Waals surface area (Å²) in [6.45, 7) is 11.9. The summed E-state index contributed by atoms with van der Waals surface area (Å²) in [5.41, 5.74) is 1.24. The Morgan fingerprint density at radius 3 is 2.53 bits per heavy atom. The number of thiazole rings is 1. The molecule has 1 aromatic heterocycles. The van der Waals surface area contributed by atoms with Gasteiger partial charge in [-0.1, -0.05) is 20.8 Å². The molecule has 3 nitrogen and oxygen atoms in total. The Hall–Kier alpha value is -0.920. The molecule has 17 heavy (non-hydrogen) atoms. The Bertz CT molecular complexity index is 396. The van der Waals surface area contributed by atoms with E-state index < -0.39 is 0 Å². The zero-order valence-electron chi connectivity index (χ0n) is 11.3. The monoisotopic (exact) mass is 251 g/mol. The van der Waals surface area contributed by atoms with Crippen LogP contribution in [0.25, 0.3) is 0 Å². The number of nitrogens with zero attached hydrogens (tertiary/aromatic N) is 3. The van der Waals surface area contributed by atoms with Crippen LogP contribution in [-0.2, 0) is 12.0 Å². The maximum atomic E-state index is 8.79. The molecule has 1 rings (SSSR count). The van der Waals surface area contributed by atoms with Gasteiger partial charge in [-0.05, 0) is 13.8 Å². The number of hydrogen-bond acceptors (Lipinski definition) is 4. The summed E-state index contributed by atoms with van der Waals surface area (Å²) in [4.78, 5) is 6.78. The van der Waals surface area contributed by atoms with Crippen LogP contribution in [0.2, 0.25) is 0 Å². The third-order valence-corrected chi connectivity index (χ3v) is 3.50. The normalized spacial score (nSPS) is 12.1. The van der Waals surface area contributed by atoms with E-state index in [0.717, 1.165) is 17.2 Å². The standard InChI is InChI=1S/C13H21N3S/c1-10(2)16(7-6-14)8-12-15-11(9-17-12)13(3,4)5/h9-10H,7-8H2,1-5H3. The Balaban J connectivity index is 2.75. The molecule has 0 amide bonds. The number of hydrogen-bond donors (Lipinski definition) is 0. The van der Waals surface area contributed by atoms with Crippen molar-refractivity contribution in [3.05, 3.63) is 16.1 Å². The van der Waals surface area contributed by atoms with E-state index in [9.17, 15) is 0 Å². The Kier molecular flexibility index (Phi) is 4.67. The van der Waals surface area contributed by atoms with Crippen molar-refractivity contribution < 1.29 is 0 Å². The minimum Gasteiger partial charge on any atom is -0.281 e. The lowest BCUT2D eigenvalue weighted by molar-refractivity contribution is 0.239. The van der Waals surface area contributed by atoms with Gasteiger partial charge in [0.1, 0.15) is 5.01 Å². The molecule has 0 aliphatic heterocycles. The minimum absolute atomic E-state index is 0.104. The summed E-state index contributed by atoms with van der Waals surface area (Å²) < 4.78 is 0. The second kappa shape index (κ2) is 5.61. The first-order valence-corrected chi connectivity index (χ1v) is 6.78. The summed E-state index contributed by atoms with van der Waals surface area (Å²) >= 11 is 1.69. The molecule has 94 valence electrons. The Morgan fingerprint density at radius 2 is 2.12 bits per heavy atom. The molecule has 4 heteroatoms. The molecule has 0 radical (unpaired) electrons. The molecular weight excluding hydrogens is 230 g/mol. The van der Waals surface area contributed by atoms with Gasteiger partial charge in [0.05, 0.1) is 24.9 Å². The molecule has 0 fully saturated rings. The SMILES string of the molecule is CC(C)N(CC#N)Cc1nc(C(C)(C)C)cs1. The maximum absolute atomic E-state index is 8.79. The average molecular weight is 251 g/mol. The van der Waals surface area contributed by atoms with Crippen LogP contribution in [0.15, 0.2) is 5.38 Å². The van der Waals surface area contributed by atoms with Gasteiger partial charge in [0.2, 0.25) is 0 Å². The highest BCUT2D eigenvalue weighted by molar-refractivity contribution is 7.09. The molecule has 1 heterocycles. The predicted octanol–water partition coefficient (Wildman–Crippen LogP) is 3.17. The van der Waals surface area contributed by atoms with Crippen molar-refractivity contribution in [1.29, 1.82) is 5.26 Å². The molecule has 0 saturated carbocycles. The first-order chi connectivity index (χ1) is 7.84. The number of nitriles is 1. The van der Waals surface area contributed by atoms with Crippen LogP contribution < -0.4 is 0 Å². The van der Waals surface area contributed by atoms with E-state index in [-0.39, 0.29) is 5.41 Å². The molecule has 0 bridgehead atoms. The lowest BCUT2D eigenvalue weighted by atomic mass is 9.93. The van der Waals surface area contributed by atoms with Crippen LogP contribution in [0, 0.1) is 11.3 Å². The summed E-state index contributed by atoms with van der Waals surface area (Å²) in [5, 5.41) is 12.0. The lowest BCUT2D eigenvalue weighted by Crippen LogP contribution is -2.30. The summed E-state index contributed by atoms with van der Waals surface area (Å²) in [7, 11) is 0. The highest BCUT2D eigenvalue weighted by atomic mass is 32.1. The van der Waals surface area contributed by atoms with Crippen molar-refractivity contribution >= 4 is 11.3 Å².